The van der Waals surface area contributed by atoms with Gasteiger partial charge in [0.2, 0.25) is 5.76 Å². The summed E-state index contributed by atoms with van der Waals surface area (Å²) in [4.78, 5) is 11.7. The van der Waals surface area contributed by atoms with Crippen LogP contribution in [-0.4, -0.2) is 12.6 Å². The lowest BCUT2D eigenvalue weighted by molar-refractivity contribution is -0.141. The average molecular weight is 262 g/mol. The van der Waals surface area contributed by atoms with Crippen molar-refractivity contribution in [2.45, 2.75) is 40.0 Å². The van der Waals surface area contributed by atoms with Gasteiger partial charge in [0.05, 0.1) is 6.61 Å². The lowest BCUT2D eigenvalue weighted by Gasteiger charge is -2.12. The fourth-order valence-corrected chi connectivity index (χ4v) is 1.72. The van der Waals surface area contributed by atoms with Crippen molar-refractivity contribution in [1.82, 2.24) is 0 Å². The molecule has 1 aromatic carbocycles. The third-order valence-corrected chi connectivity index (χ3v) is 2.73. The number of benzene rings is 1. The van der Waals surface area contributed by atoms with E-state index >= 15 is 0 Å². The zero-order valence-electron chi connectivity index (χ0n) is 11.9. The topological polar surface area (TPSA) is 35.5 Å². The summed E-state index contributed by atoms with van der Waals surface area (Å²) >= 11 is 0. The molecule has 104 valence electrons. The number of carbonyl (C=O) groups excluding carboxylic acids is 1. The van der Waals surface area contributed by atoms with Crippen LogP contribution in [0.3, 0.4) is 0 Å². The average Bonchev–Trinajstić information content (AvgIpc) is 2.43. The summed E-state index contributed by atoms with van der Waals surface area (Å²) in [5, 5.41) is 0. The molecule has 0 saturated carbocycles. The molecular weight excluding hydrogens is 240 g/mol. The summed E-state index contributed by atoms with van der Waals surface area (Å²) in [7, 11) is 0. The van der Waals surface area contributed by atoms with Crippen molar-refractivity contribution in [2.24, 2.45) is 0 Å². The Kier molecular flexibility index (Phi) is 6.72. The molecule has 0 radical (unpaired) electrons. The summed E-state index contributed by atoms with van der Waals surface area (Å²) in [6.07, 6.45) is 4.81. The molecule has 0 aliphatic rings. The van der Waals surface area contributed by atoms with Crippen molar-refractivity contribution < 1.29 is 14.3 Å². The van der Waals surface area contributed by atoms with E-state index < -0.39 is 5.97 Å². The summed E-state index contributed by atoms with van der Waals surface area (Å²) in [5.41, 5.74) is 1.12. The SMILES string of the molecule is CC=C(Oc1ccccc1CCCC)C(=O)OCC. The van der Waals surface area contributed by atoms with Gasteiger partial charge in [0.25, 0.3) is 0 Å². The summed E-state index contributed by atoms with van der Waals surface area (Å²) < 4.78 is 10.6. The second kappa shape index (κ2) is 8.35. The van der Waals surface area contributed by atoms with Crippen LogP contribution < -0.4 is 4.74 Å². The smallest absolute Gasteiger partial charge is 0.373 e. The van der Waals surface area contributed by atoms with E-state index in [-0.39, 0.29) is 5.76 Å². The van der Waals surface area contributed by atoms with Crippen molar-refractivity contribution >= 4 is 5.97 Å². The van der Waals surface area contributed by atoms with Gasteiger partial charge in [0, 0.05) is 0 Å². The summed E-state index contributed by atoms with van der Waals surface area (Å²) in [6, 6.07) is 7.80. The molecule has 0 spiro atoms. The number of hydrogen-bond donors (Lipinski definition) is 0. The van der Waals surface area contributed by atoms with Crippen molar-refractivity contribution in [3.05, 3.63) is 41.7 Å². The van der Waals surface area contributed by atoms with E-state index in [1.165, 1.54) is 0 Å². The van der Waals surface area contributed by atoms with Crippen LogP contribution in [0.2, 0.25) is 0 Å². The van der Waals surface area contributed by atoms with E-state index in [9.17, 15) is 4.79 Å². The third kappa shape index (κ3) is 4.78. The molecule has 1 rings (SSSR count). The molecular formula is C16H22O3. The van der Waals surface area contributed by atoms with Crippen LogP contribution in [0.25, 0.3) is 0 Å². The first kappa shape index (κ1) is 15.3. The molecule has 3 nitrogen and oxygen atoms in total. The zero-order valence-corrected chi connectivity index (χ0v) is 11.9. The molecule has 0 bridgehead atoms. The predicted octanol–water partition coefficient (Wildman–Crippen LogP) is 3.87. The number of allylic oxidation sites excluding steroid dienone is 1. The van der Waals surface area contributed by atoms with Crippen LogP contribution in [0.15, 0.2) is 36.1 Å². The third-order valence-electron chi connectivity index (χ3n) is 2.73. The first-order valence-electron chi connectivity index (χ1n) is 6.82. The monoisotopic (exact) mass is 262 g/mol. The highest BCUT2D eigenvalue weighted by Crippen LogP contribution is 2.22. The minimum absolute atomic E-state index is 0.241. The molecule has 0 aliphatic heterocycles. The van der Waals surface area contributed by atoms with Gasteiger partial charge in [-0.25, -0.2) is 4.79 Å². The quantitative estimate of drug-likeness (QED) is 0.425. The molecule has 0 N–H and O–H groups in total. The van der Waals surface area contributed by atoms with Crippen molar-refractivity contribution in [2.75, 3.05) is 6.61 Å². The van der Waals surface area contributed by atoms with Gasteiger partial charge in [-0.3, -0.25) is 0 Å². The Balaban J connectivity index is 2.82. The maximum absolute atomic E-state index is 11.7. The van der Waals surface area contributed by atoms with Gasteiger partial charge in [-0.2, -0.15) is 0 Å². The predicted molar refractivity (Wildman–Crippen MR) is 76.1 cm³/mol. The molecule has 0 atom stereocenters. The molecule has 0 unspecified atom stereocenters. The number of unbranched alkanes of at least 4 members (excludes halogenated alkanes) is 1. The molecule has 0 aromatic heterocycles. The Labute approximate surface area is 115 Å². The van der Waals surface area contributed by atoms with E-state index in [4.69, 9.17) is 9.47 Å². The van der Waals surface area contributed by atoms with Crippen LogP contribution in [0, 0.1) is 0 Å². The number of rotatable bonds is 7. The zero-order chi connectivity index (χ0) is 14.1. The van der Waals surface area contributed by atoms with Gasteiger partial charge in [-0.15, -0.1) is 0 Å². The normalized spacial score (nSPS) is 11.2. The molecule has 19 heavy (non-hydrogen) atoms. The van der Waals surface area contributed by atoms with Crippen LogP contribution in [-0.2, 0) is 16.0 Å². The first-order valence-corrected chi connectivity index (χ1v) is 6.82. The Bertz CT molecular complexity index is 435. The first-order chi connectivity index (χ1) is 9.22. The minimum Gasteiger partial charge on any atom is -0.460 e. The molecule has 0 amide bonds. The van der Waals surface area contributed by atoms with Gasteiger partial charge in [0.1, 0.15) is 5.75 Å². The number of hydrogen-bond acceptors (Lipinski definition) is 3. The van der Waals surface area contributed by atoms with Crippen molar-refractivity contribution in [3.8, 4) is 5.75 Å². The number of carbonyl (C=O) groups is 1. The van der Waals surface area contributed by atoms with E-state index in [0.29, 0.717) is 6.61 Å². The molecule has 1 aromatic rings. The van der Waals surface area contributed by atoms with Crippen LogP contribution in [0.4, 0.5) is 0 Å². The van der Waals surface area contributed by atoms with E-state index in [2.05, 4.69) is 6.92 Å². The Hall–Kier alpha value is -1.77. The van der Waals surface area contributed by atoms with E-state index in [1.807, 2.05) is 24.3 Å². The van der Waals surface area contributed by atoms with Gasteiger partial charge in [-0.05, 0) is 44.4 Å². The second-order valence-corrected chi connectivity index (χ2v) is 4.19. The second-order valence-electron chi connectivity index (χ2n) is 4.19. The van der Waals surface area contributed by atoms with Crippen LogP contribution in [0.1, 0.15) is 39.2 Å². The molecule has 0 saturated heterocycles. The van der Waals surface area contributed by atoms with Gasteiger partial charge in [0.15, 0.2) is 0 Å². The standard InChI is InChI=1S/C16H22O3/c1-4-7-10-13-11-8-9-12-15(13)19-14(5-2)16(17)18-6-3/h5,8-9,11-12H,4,6-7,10H2,1-3H3. The number of esters is 1. The Morgan fingerprint density at radius 3 is 2.63 bits per heavy atom. The fraction of sp³-hybridized carbons (Fsp3) is 0.438. The molecule has 0 heterocycles. The van der Waals surface area contributed by atoms with E-state index in [1.54, 1.807) is 19.9 Å². The maximum Gasteiger partial charge on any atom is 0.373 e. The van der Waals surface area contributed by atoms with Crippen LogP contribution in [0.5, 0.6) is 5.75 Å². The Morgan fingerprint density at radius 1 is 1.26 bits per heavy atom. The Morgan fingerprint density at radius 2 is 2.00 bits per heavy atom. The highest BCUT2D eigenvalue weighted by Gasteiger charge is 2.13. The highest BCUT2D eigenvalue weighted by atomic mass is 16.6. The minimum atomic E-state index is -0.421. The molecule has 3 heteroatoms. The largest absolute Gasteiger partial charge is 0.460 e. The van der Waals surface area contributed by atoms with Crippen molar-refractivity contribution in [1.29, 1.82) is 0 Å². The highest BCUT2D eigenvalue weighted by molar-refractivity contribution is 5.86. The van der Waals surface area contributed by atoms with Crippen LogP contribution >= 0.6 is 0 Å². The van der Waals surface area contributed by atoms with Gasteiger partial charge < -0.3 is 9.47 Å². The van der Waals surface area contributed by atoms with Gasteiger partial charge >= 0.3 is 5.97 Å². The summed E-state index contributed by atoms with van der Waals surface area (Å²) in [5.74, 6) is 0.554. The number of aryl methyl sites for hydroxylation is 1. The number of ether oxygens (including phenoxy) is 2. The lowest BCUT2D eigenvalue weighted by Crippen LogP contribution is -2.13. The molecule has 0 aliphatic carbocycles. The fourth-order valence-electron chi connectivity index (χ4n) is 1.72. The lowest BCUT2D eigenvalue weighted by atomic mass is 10.1. The number of para-hydroxylation sites is 1. The maximum atomic E-state index is 11.7. The van der Waals surface area contributed by atoms with E-state index in [0.717, 1.165) is 30.6 Å². The van der Waals surface area contributed by atoms with Gasteiger partial charge in [-0.1, -0.05) is 31.5 Å². The van der Waals surface area contributed by atoms with Crippen molar-refractivity contribution in [3.63, 3.8) is 0 Å². The molecule has 0 fully saturated rings. The summed E-state index contributed by atoms with van der Waals surface area (Å²) in [6.45, 7) is 6.04.